The number of nitrogens with one attached hydrogen (secondary N) is 2. The number of amides is 1. The normalized spacial score (nSPS) is 16.9. The van der Waals surface area contributed by atoms with Crippen LogP contribution in [0.5, 0.6) is 0 Å². The van der Waals surface area contributed by atoms with Crippen LogP contribution in [0.4, 0.5) is 13.2 Å². The van der Waals surface area contributed by atoms with Crippen LogP contribution >= 0.6 is 11.6 Å². The first-order valence-corrected chi connectivity index (χ1v) is 13.5. The summed E-state index contributed by atoms with van der Waals surface area (Å²) >= 11 is 6.06. The largest absolute Gasteiger partial charge is 0.490 e. The molecule has 2 aromatic carbocycles. The minimum Gasteiger partial charge on any atom is -0.475 e. The molecule has 0 spiro atoms. The molecule has 14 heteroatoms. The van der Waals surface area contributed by atoms with Gasteiger partial charge in [-0.1, -0.05) is 29.8 Å². The zero-order valence-corrected chi connectivity index (χ0v) is 22.9. The van der Waals surface area contributed by atoms with Gasteiger partial charge in [-0.05, 0) is 62.4 Å². The third-order valence-corrected chi connectivity index (χ3v) is 6.91. The van der Waals surface area contributed by atoms with Gasteiger partial charge < -0.3 is 19.8 Å². The Kier molecular flexibility index (Phi) is 9.94. The number of halogens is 4. The predicted octanol–water partition coefficient (Wildman–Crippen LogP) is 5.43. The number of aryl methyl sites for hydroxylation is 1. The molecule has 1 saturated carbocycles. The van der Waals surface area contributed by atoms with E-state index in [9.17, 15) is 22.8 Å². The van der Waals surface area contributed by atoms with E-state index in [1.54, 1.807) is 18.2 Å². The molecule has 4 aromatic rings. The van der Waals surface area contributed by atoms with Crippen molar-refractivity contribution in [1.82, 2.24) is 25.5 Å². The van der Waals surface area contributed by atoms with E-state index in [0.29, 0.717) is 52.8 Å². The number of aromatic nitrogens is 4. The van der Waals surface area contributed by atoms with Crippen LogP contribution in [0, 0.1) is 0 Å². The van der Waals surface area contributed by atoms with Gasteiger partial charge in [0.15, 0.2) is 0 Å². The highest BCUT2D eigenvalue weighted by atomic mass is 35.5. The molecule has 5 rings (SSSR count). The van der Waals surface area contributed by atoms with Gasteiger partial charge in [0.25, 0.3) is 5.56 Å². The quantitative estimate of drug-likeness (QED) is 0.252. The lowest BCUT2D eigenvalue weighted by atomic mass is 9.86. The van der Waals surface area contributed by atoms with Crippen molar-refractivity contribution in [3.63, 3.8) is 0 Å². The summed E-state index contributed by atoms with van der Waals surface area (Å²) in [6.07, 6.45) is -0.0311. The van der Waals surface area contributed by atoms with Crippen molar-refractivity contribution in [3.8, 4) is 11.5 Å². The Morgan fingerprint density at radius 1 is 1.07 bits per heavy atom. The zero-order valence-electron chi connectivity index (χ0n) is 22.2. The highest BCUT2D eigenvalue weighted by Crippen LogP contribution is 2.33. The number of carbonyl (C=O) groups excluding carboxylic acids is 1. The molecule has 1 fully saturated rings. The predicted molar refractivity (Wildman–Crippen MR) is 147 cm³/mol. The summed E-state index contributed by atoms with van der Waals surface area (Å²) in [6, 6.07) is 14.8. The van der Waals surface area contributed by atoms with Crippen LogP contribution in [-0.2, 0) is 16.0 Å². The van der Waals surface area contributed by atoms with E-state index >= 15 is 0 Å². The number of aliphatic carboxylic acids is 1. The molecule has 2 aromatic heterocycles. The van der Waals surface area contributed by atoms with E-state index in [1.165, 1.54) is 0 Å². The number of H-pyrrole nitrogens is 1. The maximum Gasteiger partial charge on any atom is 0.490 e. The summed E-state index contributed by atoms with van der Waals surface area (Å²) in [4.78, 5) is 40.9. The summed E-state index contributed by atoms with van der Waals surface area (Å²) in [6.45, 7) is 0. The van der Waals surface area contributed by atoms with Crippen LogP contribution in [0.3, 0.4) is 0 Å². The molecular formula is C28H27ClF3N5O5. The van der Waals surface area contributed by atoms with E-state index < -0.39 is 12.1 Å². The molecule has 0 atom stereocenters. The van der Waals surface area contributed by atoms with Gasteiger partial charge >= 0.3 is 12.1 Å². The van der Waals surface area contributed by atoms with Gasteiger partial charge in [-0.15, -0.1) is 10.2 Å². The molecule has 10 nitrogen and oxygen atoms in total. The SMILES string of the molecule is O=C(CCCc1nc2ccccc2c(=O)[nH]1)N[C@H]1CC[C@H](c2nnc(-c3cccc(Cl)c3)o2)CC1.O=C(O)C(F)(F)F. The number of carboxylic acid groups (broad SMARTS) is 1. The minimum atomic E-state index is -5.08. The van der Waals surface area contributed by atoms with Crippen molar-refractivity contribution in [2.45, 2.75) is 63.1 Å². The molecule has 2 heterocycles. The van der Waals surface area contributed by atoms with Crippen molar-refractivity contribution < 1.29 is 32.3 Å². The molecule has 1 aliphatic rings. The van der Waals surface area contributed by atoms with E-state index in [1.807, 2.05) is 30.3 Å². The first-order chi connectivity index (χ1) is 20.0. The summed E-state index contributed by atoms with van der Waals surface area (Å²) < 4.78 is 37.6. The first-order valence-electron chi connectivity index (χ1n) is 13.2. The monoisotopic (exact) mass is 605 g/mol. The van der Waals surface area contributed by atoms with Gasteiger partial charge in [0.1, 0.15) is 5.82 Å². The lowest BCUT2D eigenvalue weighted by Gasteiger charge is -2.27. The third kappa shape index (κ3) is 8.38. The lowest BCUT2D eigenvalue weighted by Crippen LogP contribution is -2.37. The molecule has 222 valence electrons. The number of alkyl halides is 3. The second-order valence-electron chi connectivity index (χ2n) is 9.76. The molecule has 3 N–H and O–H groups in total. The number of aromatic amines is 1. The Hall–Kier alpha value is -4.26. The zero-order chi connectivity index (χ0) is 30.3. The van der Waals surface area contributed by atoms with Crippen LogP contribution in [0.15, 0.2) is 57.7 Å². The molecular weight excluding hydrogens is 579 g/mol. The number of carboxylic acids is 1. The Bertz CT molecular complexity index is 1600. The molecule has 1 amide bonds. The maximum absolute atomic E-state index is 12.5. The number of hydrogen-bond donors (Lipinski definition) is 3. The Morgan fingerprint density at radius 2 is 1.79 bits per heavy atom. The summed E-state index contributed by atoms with van der Waals surface area (Å²) in [7, 11) is 0. The van der Waals surface area contributed by atoms with Gasteiger partial charge in [0.05, 0.1) is 10.9 Å². The highest BCUT2D eigenvalue weighted by Gasteiger charge is 2.38. The van der Waals surface area contributed by atoms with Crippen molar-refractivity contribution >= 4 is 34.4 Å². The van der Waals surface area contributed by atoms with Crippen molar-refractivity contribution in [2.24, 2.45) is 0 Å². The second-order valence-corrected chi connectivity index (χ2v) is 10.2. The third-order valence-electron chi connectivity index (χ3n) is 6.68. The molecule has 1 aliphatic carbocycles. The molecule has 42 heavy (non-hydrogen) atoms. The number of benzene rings is 2. The average Bonchev–Trinajstić information content (AvgIpc) is 3.44. The molecule has 0 unspecified atom stereocenters. The van der Waals surface area contributed by atoms with Crippen LogP contribution in [0.2, 0.25) is 5.02 Å². The van der Waals surface area contributed by atoms with Crippen LogP contribution in [0.25, 0.3) is 22.4 Å². The minimum absolute atomic E-state index is 0.0256. The van der Waals surface area contributed by atoms with Gasteiger partial charge in [-0.2, -0.15) is 13.2 Å². The van der Waals surface area contributed by atoms with Gasteiger partial charge in [-0.3, -0.25) is 9.59 Å². The number of nitrogens with zero attached hydrogens (tertiary/aromatic N) is 3. The van der Waals surface area contributed by atoms with Crippen LogP contribution in [-0.4, -0.2) is 49.4 Å². The Morgan fingerprint density at radius 3 is 2.48 bits per heavy atom. The number of rotatable bonds is 7. The first kappa shape index (κ1) is 30.7. The molecule has 0 bridgehead atoms. The number of carbonyl (C=O) groups is 2. The summed E-state index contributed by atoms with van der Waals surface area (Å²) in [5, 5.41) is 19.9. The molecule has 0 radical (unpaired) electrons. The van der Waals surface area contributed by atoms with E-state index in [4.69, 9.17) is 25.9 Å². The average molecular weight is 606 g/mol. The van der Waals surface area contributed by atoms with Crippen molar-refractivity contribution in [2.75, 3.05) is 0 Å². The maximum atomic E-state index is 12.5. The molecule has 0 aliphatic heterocycles. The summed E-state index contributed by atoms with van der Waals surface area (Å²) in [5.41, 5.74) is 1.33. The fraction of sp³-hybridized carbons (Fsp3) is 0.357. The van der Waals surface area contributed by atoms with Crippen molar-refractivity contribution in [1.29, 1.82) is 0 Å². The topological polar surface area (TPSA) is 151 Å². The van der Waals surface area contributed by atoms with E-state index in [0.717, 1.165) is 31.2 Å². The fourth-order valence-electron chi connectivity index (χ4n) is 4.59. The van der Waals surface area contributed by atoms with Crippen molar-refractivity contribution in [3.05, 3.63) is 75.6 Å². The number of fused-ring (bicyclic) bond motifs is 1. The van der Waals surface area contributed by atoms with Gasteiger partial charge in [-0.25, -0.2) is 9.78 Å². The van der Waals surface area contributed by atoms with Gasteiger partial charge in [0, 0.05) is 35.4 Å². The second kappa shape index (κ2) is 13.6. The Balaban J connectivity index is 0.000000517. The molecule has 0 saturated heterocycles. The van der Waals surface area contributed by atoms with Crippen LogP contribution < -0.4 is 10.9 Å². The number of para-hydroxylation sites is 1. The van der Waals surface area contributed by atoms with Crippen LogP contribution in [0.1, 0.15) is 56.2 Å². The van der Waals surface area contributed by atoms with E-state index in [2.05, 4.69) is 25.5 Å². The standard InChI is InChI=1S/C26H26ClN5O3.C2HF3O2/c27-18-6-3-5-17(15-18)26-32-31-25(35-26)16-11-13-19(14-12-16)28-23(33)10-4-9-22-29-21-8-2-1-7-20(21)24(34)30-22;3-2(4,5)1(6)7/h1-3,5-8,15-16,19H,4,9-14H2,(H,28,33)(H,29,30,34);(H,6,7)/t16-,19-;. The van der Waals surface area contributed by atoms with E-state index in [-0.39, 0.29) is 23.4 Å². The lowest BCUT2D eigenvalue weighted by molar-refractivity contribution is -0.192. The highest BCUT2D eigenvalue weighted by molar-refractivity contribution is 6.30. The fourth-order valence-corrected chi connectivity index (χ4v) is 4.78. The smallest absolute Gasteiger partial charge is 0.475 e. The number of hydrogen-bond acceptors (Lipinski definition) is 7. The summed E-state index contributed by atoms with van der Waals surface area (Å²) in [5.74, 6) is -0.815. The van der Waals surface area contributed by atoms with Gasteiger partial charge in [0.2, 0.25) is 17.7 Å². The Labute approximate surface area is 242 Å².